The van der Waals surface area contributed by atoms with Crippen LogP contribution in [0.5, 0.6) is 0 Å². The van der Waals surface area contributed by atoms with Crippen LogP contribution < -0.4 is 5.43 Å². The number of halogens is 3. The van der Waals surface area contributed by atoms with Crippen molar-refractivity contribution >= 4 is 11.6 Å². The summed E-state index contributed by atoms with van der Waals surface area (Å²) in [4.78, 5) is 12.3. The summed E-state index contributed by atoms with van der Waals surface area (Å²) in [5, 5.41) is 2.92. The lowest BCUT2D eigenvalue weighted by atomic mass is 10.1. The Balaban J connectivity index is 3.04. The normalized spacial score (nSPS) is 19.6. The van der Waals surface area contributed by atoms with Crippen molar-refractivity contribution < 1.29 is 18.0 Å². The Kier molecular flexibility index (Phi) is 2.50. The molecule has 1 amide bonds. The van der Waals surface area contributed by atoms with Gasteiger partial charge in [0, 0.05) is 20.3 Å². The van der Waals surface area contributed by atoms with Crippen LogP contribution >= 0.6 is 0 Å². The van der Waals surface area contributed by atoms with Crippen LogP contribution in [-0.4, -0.2) is 36.8 Å². The fourth-order valence-electron chi connectivity index (χ4n) is 0.929. The van der Waals surface area contributed by atoms with Crippen molar-refractivity contribution in [3.63, 3.8) is 0 Å². The third-order valence-corrected chi connectivity index (χ3v) is 1.42. The Labute approximate surface area is 78.1 Å². The second-order valence-electron chi connectivity index (χ2n) is 2.91. The first kappa shape index (κ1) is 10.6. The predicted octanol–water partition coefficient (Wildman–Crippen LogP) is 0.480. The molecule has 0 atom stereocenters. The van der Waals surface area contributed by atoms with Crippen molar-refractivity contribution in [2.45, 2.75) is 6.18 Å². The molecule has 1 aliphatic rings. The number of hydrazone groups is 1. The summed E-state index contributed by atoms with van der Waals surface area (Å²) >= 11 is 0. The first-order valence-electron chi connectivity index (χ1n) is 3.66. The fraction of sp³-hybridized carbons (Fsp3) is 0.429. The zero-order chi connectivity index (χ0) is 10.9. The maximum absolute atomic E-state index is 12.3. The van der Waals surface area contributed by atoms with Gasteiger partial charge in [-0.2, -0.15) is 18.3 Å². The van der Waals surface area contributed by atoms with E-state index in [1.807, 2.05) is 0 Å². The average Bonchev–Trinajstić information content (AvgIpc) is 2.30. The molecule has 0 saturated heterocycles. The second kappa shape index (κ2) is 3.32. The van der Waals surface area contributed by atoms with E-state index in [1.165, 1.54) is 19.0 Å². The van der Waals surface area contributed by atoms with Crippen LogP contribution in [0.1, 0.15) is 0 Å². The Morgan fingerprint density at radius 1 is 1.43 bits per heavy atom. The molecule has 0 aromatic heterocycles. The van der Waals surface area contributed by atoms with E-state index in [4.69, 9.17) is 0 Å². The number of carbonyl (C=O) groups excluding carboxylic acids is 1. The van der Waals surface area contributed by atoms with Gasteiger partial charge in [-0.15, -0.1) is 0 Å². The standard InChI is InChI=1S/C7H8F3N3O/c1-13(2)3-4-5(7(8,9)10)11-12-6(4)14/h3H,1-2H3,(H,12,14)/b4-3-. The largest absolute Gasteiger partial charge is 0.435 e. The minimum absolute atomic E-state index is 0.470. The highest BCUT2D eigenvalue weighted by Gasteiger charge is 2.43. The van der Waals surface area contributed by atoms with Crippen LogP contribution in [0.4, 0.5) is 13.2 Å². The molecule has 14 heavy (non-hydrogen) atoms. The van der Waals surface area contributed by atoms with E-state index >= 15 is 0 Å². The molecule has 0 fully saturated rings. The lowest BCUT2D eigenvalue weighted by Crippen LogP contribution is -2.26. The summed E-state index contributed by atoms with van der Waals surface area (Å²) in [5.74, 6) is -0.842. The molecule has 1 rings (SSSR count). The molecule has 0 saturated carbocycles. The third kappa shape index (κ3) is 2.04. The van der Waals surface area contributed by atoms with Gasteiger partial charge >= 0.3 is 6.18 Å². The first-order valence-corrected chi connectivity index (χ1v) is 3.66. The third-order valence-electron chi connectivity index (χ3n) is 1.42. The van der Waals surface area contributed by atoms with E-state index in [-0.39, 0.29) is 0 Å². The quantitative estimate of drug-likeness (QED) is 0.635. The number of alkyl halides is 3. The molecule has 0 radical (unpaired) electrons. The highest BCUT2D eigenvalue weighted by molar-refractivity contribution is 6.26. The summed E-state index contributed by atoms with van der Waals surface area (Å²) in [5.41, 5.74) is 0.112. The van der Waals surface area contributed by atoms with Crippen molar-refractivity contribution in [3.05, 3.63) is 11.8 Å². The van der Waals surface area contributed by atoms with Gasteiger partial charge in [0.25, 0.3) is 5.91 Å². The van der Waals surface area contributed by atoms with Gasteiger partial charge in [0.15, 0.2) is 5.71 Å². The van der Waals surface area contributed by atoms with Gasteiger partial charge in [0.1, 0.15) is 0 Å². The number of nitrogens with zero attached hydrogens (tertiary/aromatic N) is 2. The van der Waals surface area contributed by atoms with Gasteiger partial charge in [0.2, 0.25) is 0 Å². The summed E-state index contributed by atoms with van der Waals surface area (Å²) < 4.78 is 36.8. The van der Waals surface area contributed by atoms with Gasteiger partial charge < -0.3 is 4.90 Å². The second-order valence-corrected chi connectivity index (χ2v) is 2.91. The zero-order valence-electron chi connectivity index (χ0n) is 7.51. The molecule has 0 bridgehead atoms. The molecule has 1 heterocycles. The highest BCUT2D eigenvalue weighted by atomic mass is 19.4. The molecule has 0 aromatic carbocycles. The van der Waals surface area contributed by atoms with Crippen LogP contribution in [-0.2, 0) is 4.79 Å². The van der Waals surface area contributed by atoms with E-state index < -0.39 is 23.4 Å². The Morgan fingerprint density at radius 3 is 2.43 bits per heavy atom. The summed E-state index contributed by atoms with van der Waals surface area (Å²) in [7, 11) is 3.04. The SMILES string of the molecule is CN(C)/C=C1\C(=O)NN=C1C(F)(F)F. The van der Waals surface area contributed by atoms with Crippen molar-refractivity contribution in [2.75, 3.05) is 14.1 Å². The van der Waals surface area contributed by atoms with Gasteiger partial charge in [-0.25, -0.2) is 5.43 Å². The molecular formula is C7H8F3N3O. The van der Waals surface area contributed by atoms with E-state index in [9.17, 15) is 18.0 Å². The van der Waals surface area contributed by atoms with E-state index in [2.05, 4.69) is 5.10 Å². The van der Waals surface area contributed by atoms with Crippen LogP contribution in [0.2, 0.25) is 0 Å². The molecule has 7 heteroatoms. The van der Waals surface area contributed by atoms with Gasteiger partial charge in [-0.3, -0.25) is 4.79 Å². The van der Waals surface area contributed by atoms with Crippen LogP contribution in [0.3, 0.4) is 0 Å². The monoisotopic (exact) mass is 207 g/mol. The predicted molar refractivity (Wildman–Crippen MR) is 43.4 cm³/mol. The lowest BCUT2D eigenvalue weighted by molar-refractivity contribution is -0.116. The van der Waals surface area contributed by atoms with Crippen LogP contribution in [0, 0.1) is 0 Å². The number of amides is 1. The van der Waals surface area contributed by atoms with Gasteiger partial charge in [0.05, 0.1) is 5.57 Å². The first-order chi connectivity index (χ1) is 6.32. The molecule has 0 spiro atoms. The van der Waals surface area contributed by atoms with E-state index in [0.29, 0.717) is 0 Å². The maximum Gasteiger partial charge on any atom is 0.435 e. The topological polar surface area (TPSA) is 44.7 Å². The molecule has 0 unspecified atom stereocenters. The van der Waals surface area contributed by atoms with Crippen molar-refractivity contribution in [1.29, 1.82) is 0 Å². The van der Waals surface area contributed by atoms with Crippen molar-refractivity contribution in [2.24, 2.45) is 5.10 Å². The molecular weight excluding hydrogens is 199 g/mol. The lowest BCUT2D eigenvalue weighted by Gasteiger charge is -2.09. The molecule has 0 aliphatic carbocycles. The minimum Gasteiger partial charge on any atom is -0.383 e. The Hall–Kier alpha value is -1.53. The number of hydrogen-bond donors (Lipinski definition) is 1. The Bertz CT molecular complexity index is 317. The molecule has 1 N–H and O–H groups in total. The summed E-state index contributed by atoms with van der Waals surface area (Å²) in [6.45, 7) is 0. The van der Waals surface area contributed by atoms with Crippen LogP contribution in [0.25, 0.3) is 0 Å². The van der Waals surface area contributed by atoms with Gasteiger partial charge in [-0.05, 0) is 0 Å². The maximum atomic E-state index is 12.3. The average molecular weight is 207 g/mol. The fourth-order valence-corrected chi connectivity index (χ4v) is 0.929. The molecule has 0 aromatic rings. The zero-order valence-corrected chi connectivity index (χ0v) is 7.51. The summed E-state index contributed by atoms with van der Waals surface area (Å²) in [6.07, 6.45) is -3.53. The molecule has 1 aliphatic heterocycles. The Morgan fingerprint density at radius 2 is 2.00 bits per heavy atom. The van der Waals surface area contributed by atoms with Gasteiger partial charge in [-0.1, -0.05) is 0 Å². The molecule has 78 valence electrons. The number of rotatable bonds is 1. The number of hydrogen-bond acceptors (Lipinski definition) is 3. The van der Waals surface area contributed by atoms with Crippen molar-refractivity contribution in [1.82, 2.24) is 10.3 Å². The summed E-state index contributed by atoms with van der Waals surface area (Å²) in [6, 6.07) is 0. The minimum atomic E-state index is -4.61. The molecule has 4 nitrogen and oxygen atoms in total. The smallest absolute Gasteiger partial charge is 0.383 e. The number of carbonyl (C=O) groups is 1. The highest BCUT2D eigenvalue weighted by Crippen LogP contribution is 2.24. The van der Waals surface area contributed by atoms with E-state index in [1.54, 1.807) is 5.43 Å². The van der Waals surface area contributed by atoms with E-state index in [0.717, 1.165) is 6.20 Å². The van der Waals surface area contributed by atoms with Crippen LogP contribution in [0.15, 0.2) is 16.9 Å². The number of nitrogens with one attached hydrogen (secondary N) is 1. The van der Waals surface area contributed by atoms with Crippen molar-refractivity contribution in [3.8, 4) is 0 Å².